The van der Waals surface area contributed by atoms with Gasteiger partial charge >= 0.3 is 0 Å². The summed E-state index contributed by atoms with van der Waals surface area (Å²) in [7, 11) is 4.73. The molecule has 1 unspecified atom stereocenters. The molecule has 4 rings (SSSR count). The quantitative estimate of drug-likeness (QED) is 0.679. The van der Waals surface area contributed by atoms with E-state index >= 15 is 0 Å². The lowest BCUT2D eigenvalue weighted by molar-refractivity contribution is 0.324. The number of methoxy groups -OCH3 is 3. The van der Waals surface area contributed by atoms with Crippen molar-refractivity contribution in [3.63, 3.8) is 0 Å². The maximum Gasteiger partial charge on any atom is 0.234 e. The van der Waals surface area contributed by atoms with E-state index in [4.69, 9.17) is 14.2 Å². The van der Waals surface area contributed by atoms with E-state index in [1.54, 1.807) is 33.5 Å². The van der Waals surface area contributed by atoms with Crippen molar-refractivity contribution in [1.82, 2.24) is 15.0 Å². The molecule has 29 heavy (non-hydrogen) atoms. The Bertz CT molecular complexity index is 1000. The average molecular weight is 393 g/mol. The summed E-state index contributed by atoms with van der Waals surface area (Å²) >= 11 is 0. The van der Waals surface area contributed by atoms with Gasteiger partial charge in [0.05, 0.1) is 21.3 Å². The SMILES string of the molecule is COc1cc(Nc2ncnc(N3c4ccccc4CC3C)n2)cc(OC)c1OC. The van der Waals surface area contributed by atoms with Gasteiger partial charge in [0.1, 0.15) is 6.33 Å². The number of hydrogen-bond donors (Lipinski definition) is 1. The smallest absolute Gasteiger partial charge is 0.234 e. The highest BCUT2D eigenvalue weighted by Gasteiger charge is 2.29. The summed E-state index contributed by atoms with van der Waals surface area (Å²) < 4.78 is 16.2. The molecule has 1 aliphatic rings. The van der Waals surface area contributed by atoms with Crippen LogP contribution in [0.1, 0.15) is 12.5 Å². The Labute approximate surface area is 169 Å². The molecule has 1 aliphatic heterocycles. The number of benzene rings is 2. The second-order valence-electron chi connectivity index (χ2n) is 6.70. The summed E-state index contributed by atoms with van der Waals surface area (Å²) in [6, 6.07) is 12.2. The summed E-state index contributed by atoms with van der Waals surface area (Å²) in [6.45, 7) is 2.16. The monoisotopic (exact) mass is 393 g/mol. The van der Waals surface area contributed by atoms with Crippen LogP contribution < -0.4 is 24.4 Å². The first-order chi connectivity index (χ1) is 14.1. The summed E-state index contributed by atoms with van der Waals surface area (Å²) in [6.07, 6.45) is 2.47. The Morgan fingerprint density at radius 3 is 2.41 bits per heavy atom. The predicted octanol–water partition coefficient (Wildman–Crippen LogP) is 3.72. The number of hydrogen-bond acceptors (Lipinski definition) is 8. The van der Waals surface area contributed by atoms with Crippen molar-refractivity contribution in [2.75, 3.05) is 31.5 Å². The molecule has 3 aromatic rings. The van der Waals surface area contributed by atoms with Gasteiger partial charge < -0.3 is 24.4 Å². The Hall–Kier alpha value is -3.55. The number of para-hydroxylation sites is 1. The summed E-state index contributed by atoms with van der Waals surface area (Å²) in [5.74, 6) is 2.66. The molecule has 0 aliphatic carbocycles. The molecular formula is C21H23N5O3. The van der Waals surface area contributed by atoms with Crippen molar-refractivity contribution in [2.24, 2.45) is 0 Å². The van der Waals surface area contributed by atoms with Gasteiger partial charge in [0.15, 0.2) is 11.5 Å². The lowest BCUT2D eigenvalue weighted by Crippen LogP contribution is -2.26. The second-order valence-corrected chi connectivity index (χ2v) is 6.70. The van der Waals surface area contributed by atoms with E-state index < -0.39 is 0 Å². The highest BCUT2D eigenvalue weighted by molar-refractivity contribution is 5.69. The van der Waals surface area contributed by atoms with Gasteiger partial charge in [-0.1, -0.05) is 18.2 Å². The molecule has 0 saturated heterocycles. The minimum absolute atomic E-state index is 0.267. The molecule has 1 atom stereocenters. The lowest BCUT2D eigenvalue weighted by Gasteiger charge is -2.22. The van der Waals surface area contributed by atoms with Crippen molar-refractivity contribution in [2.45, 2.75) is 19.4 Å². The molecule has 0 fully saturated rings. The zero-order chi connectivity index (χ0) is 20.4. The van der Waals surface area contributed by atoms with Gasteiger partial charge in [-0.3, -0.25) is 0 Å². The van der Waals surface area contributed by atoms with Crippen LogP contribution in [0.15, 0.2) is 42.7 Å². The van der Waals surface area contributed by atoms with Crippen LogP contribution in [-0.4, -0.2) is 42.3 Å². The molecule has 0 amide bonds. The Kier molecular flexibility index (Phi) is 5.07. The van der Waals surface area contributed by atoms with Crippen LogP contribution in [0, 0.1) is 0 Å². The molecule has 0 spiro atoms. The number of nitrogens with one attached hydrogen (secondary N) is 1. The zero-order valence-electron chi connectivity index (χ0n) is 16.8. The van der Waals surface area contributed by atoms with Gasteiger partial charge in [0.25, 0.3) is 0 Å². The molecular weight excluding hydrogens is 370 g/mol. The topological polar surface area (TPSA) is 81.6 Å². The summed E-state index contributed by atoms with van der Waals surface area (Å²) in [5.41, 5.74) is 3.14. The van der Waals surface area contributed by atoms with Crippen LogP contribution in [-0.2, 0) is 6.42 Å². The molecule has 8 heteroatoms. The fraction of sp³-hybridized carbons (Fsp3) is 0.286. The Balaban J connectivity index is 1.66. The Morgan fingerprint density at radius 2 is 1.72 bits per heavy atom. The van der Waals surface area contributed by atoms with Gasteiger partial charge in [-0.15, -0.1) is 0 Å². The van der Waals surface area contributed by atoms with Gasteiger partial charge in [-0.05, 0) is 25.0 Å². The second kappa shape index (κ2) is 7.83. The van der Waals surface area contributed by atoms with E-state index in [9.17, 15) is 0 Å². The van der Waals surface area contributed by atoms with Crippen molar-refractivity contribution >= 4 is 23.3 Å². The molecule has 0 radical (unpaired) electrons. The molecule has 0 saturated carbocycles. The highest BCUT2D eigenvalue weighted by Crippen LogP contribution is 2.41. The number of rotatable bonds is 6. The van der Waals surface area contributed by atoms with Crippen LogP contribution in [0.2, 0.25) is 0 Å². The third-order valence-corrected chi connectivity index (χ3v) is 4.90. The normalized spacial score (nSPS) is 15.0. The minimum Gasteiger partial charge on any atom is -0.493 e. The number of fused-ring (bicyclic) bond motifs is 1. The van der Waals surface area contributed by atoms with Crippen molar-refractivity contribution in [3.05, 3.63) is 48.3 Å². The molecule has 0 bridgehead atoms. The number of aromatic nitrogens is 3. The predicted molar refractivity (Wildman–Crippen MR) is 111 cm³/mol. The molecule has 2 heterocycles. The molecule has 150 valence electrons. The molecule has 1 aromatic heterocycles. The lowest BCUT2D eigenvalue weighted by atomic mass is 10.1. The largest absolute Gasteiger partial charge is 0.493 e. The van der Waals surface area contributed by atoms with E-state index in [1.807, 2.05) is 6.07 Å². The standard InChI is InChI=1S/C21H23N5O3/c1-13-9-14-7-5-6-8-16(14)26(13)21-23-12-22-20(25-21)24-15-10-17(27-2)19(29-4)18(11-15)28-3/h5-8,10-13H,9H2,1-4H3,(H,22,23,24,25). The number of ether oxygens (including phenoxy) is 3. The van der Waals surface area contributed by atoms with Crippen molar-refractivity contribution in [1.29, 1.82) is 0 Å². The van der Waals surface area contributed by atoms with Crippen LogP contribution >= 0.6 is 0 Å². The first kappa shape index (κ1) is 18.8. The van der Waals surface area contributed by atoms with Gasteiger partial charge in [-0.25, -0.2) is 9.97 Å². The first-order valence-electron chi connectivity index (χ1n) is 9.27. The minimum atomic E-state index is 0.267. The number of nitrogens with zero attached hydrogens (tertiary/aromatic N) is 4. The third-order valence-electron chi connectivity index (χ3n) is 4.90. The van der Waals surface area contributed by atoms with E-state index in [0.29, 0.717) is 34.8 Å². The fourth-order valence-electron chi connectivity index (χ4n) is 3.62. The van der Waals surface area contributed by atoms with Crippen molar-refractivity contribution < 1.29 is 14.2 Å². The maximum atomic E-state index is 5.41. The van der Waals surface area contributed by atoms with E-state index in [-0.39, 0.29) is 6.04 Å². The Morgan fingerprint density at radius 1 is 1.00 bits per heavy atom. The first-order valence-corrected chi connectivity index (χ1v) is 9.27. The summed E-state index contributed by atoms with van der Waals surface area (Å²) in [4.78, 5) is 15.4. The van der Waals surface area contributed by atoms with Crippen LogP contribution in [0.25, 0.3) is 0 Å². The van der Waals surface area contributed by atoms with Crippen LogP contribution in [0.5, 0.6) is 17.2 Å². The van der Waals surface area contributed by atoms with Gasteiger partial charge in [-0.2, -0.15) is 4.98 Å². The zero-order valence-corrected chi connectivity index (χ0v) is 16.8. The van der Waals surface area contributed by atoms with Gasteiger partial charge in [0, 0.05) is 29.5 Å². The average Bonchev–Trinajstić information content (AvgIpc) is 3.08. The molecule has 2 aromatic carbocycles. The maximum absolute atomic E-state index is 5.41. The molecule has 8 nitrogen and oxygen atoms in total. The summed E-state index contributed by atoms with van der Waals surface area (Å²) in [5, 5.41) is 3.20. The third kappa shape index (κ3) is 3.49. The van der Waals surface area contributed by atoms with Gasteiger partial charge in [0.2, 0.25) is 17.6 Å². The van der Waals surface area contributed by atoms with E-state index in [1.165, 1.54) is 11.9 Å². The molecule has 1 N–H and O–H groups in total. The van der Waals surface area contributed by atoms with E-state index in [2.05, 4.69) is 50.3 Å². The highest BCUT2D eigenvalue weighted by atomic mass is 16.5. The van der Waals surface area contributed by atoms with E-state index in [0.717, 1.165) is 12.1 Å². The van der Waals surface area contributed by atoms with Crippen LogP contribution in [0.3, 0.4) is 0 Å². The van der Waals surface area contributed by atoms with Crippen LogP contribution in [0.4, 0.5) is 23.3 Å². The number of anilines is 4. The fourth-order valence-corrected chi connectivity index (χ4v) is 3.62. The van der Waals surface area contributed by atoms with Crippen molar-refractivity contribution in [3.8, 4) is 17.2 Å².